The van der Waals surface area contributed by atoms with Gasteiger partial charge in [0.25, 0.3) is 0 Å². The van der Waals surface area contributed by atoms with Crippen LogP contribution in [0.25, 0.3) is 11.1 Å². The Kier molecular flexibility index (Phi) is 4.96. The van der Waals surface area contributed by atoms with E-state index in [-0.39, 0.29) is 0 Å². The molecule has 0 saturated heterocycles. The first-order chi connectivity index (χ1) is 6.97. The molecule has 2 aromatic rings. The minimum absolute atomic E-state index is 1.28. The minimum Gasteiger partial charge on any atom is -0.0622 e. The van der Waals surface area contributed by atoms with Crippen molar-refractivity contribution in [2.45, 2.75) is 0 Å². The van der Waals surface area contributed by atoms with E-state index in [4.69, 9.17) is 0 Å². The van der Waals surface area contributed by atoms with Gasteiger partial charge in [-0.05, 0) is 30.6 Å². The molecule has 0 bridgehead atoms. The third kappa shape index (κ3) is 2.98. The van der Waals surface area contributed by atoms with Gasteiger partial charge in [-0.3, -0.25) is 0 Å². The van der Waals surface area contributed by atoms with Crippen LogP contribution >= 0.6 is 0 Å². The van der Waals surface area contributed by atoms with Crippen LogP contribution in [-0.4, -0.2) is 19.5 Å². The maximum Gasteiger partial charge on any atom is -0.0125 e. The fraction of sp³-hybridized carbons (Fsp3) is 0. The second-order valence-electron chi connectivity index (χ2n) is 2.73. The largest absolute Gasteiger partial charge is 0.0622 e. The summed E-state index contributed by atoms with van der Waals surface area (Å²) in [6.07, 6.45) is 0. The maximum atomic E-state index is 2.12. The summed E-state index contributed by atoms with van der Waals surface area (Å²) < 4.78 is 0. The second kappa shape index (κ2) is 6.35. The summed E-state index contributed by atoms with van der Waals surface area (Å²) in [6.45, 7) is 0. The van der Waals surface area contributed by atoms with Crippen LogP contribution in [0.5, 0.6) is 0 Å². The highest BCUT2D eigenvalue weighted by Crippen LogP contribution is 2.17. The number of benzene rings is 2. The van der Waals surface area contributed by atoms with E-state index in [1.54, 1.807) is 0 Å². The summed E-state index contributed by atoms with van der Waals surface area (Å²) in [5, 5.41) is 0. The molecule has 0 aromatic heterocycles. The number of hydrogen-bond acceptors (Lipinski definition) is 0. The van der Waals surface area contributed by atoms with E-state index in [1.807, 2.05) is 12.1 Å². The molecular formula is C12H16Si2. The smallest absolute Gasteiger partial charge is 0.0125 e. The minimum atomic E-state index is 1.28. The van der Waals surface area contributed by atoms with Crippen molar-refractivity contribution < 1.29 is 0 Å². The van der Waals surface area contributed by atoms with Crippen LogP contribution in [0.15, 0.2) is 60.7 Å². The number of hydrogen-bond donors (Lipinski definition) is 0. The van der Waals surface area contributed by atoms with E-state index in [0.717, 1.165) is 0 Å². The van der Waals surface area contributed by atoms with Crippen LogP contribution in [0.2, 0.25) is 0 Å². The predicted octanol–water partition coefficient (Wildman–Crippen LogP) is 0.986. The molecule has 2 heteroatoms. The van der Waals surface area contributed by atoms with Crippen LogP contribution in [0, 0.1) is 0 Å². The number of rotatable bonds is 1. The van der Waals surface area contributed by atoms with Crippen molar-refractivity contribution in [3.8, 4) is 11.1 Å². The van der Waals surface area contributed by atoms with Gasteiger partial charge < -0.3 is 0 Å². The first-order valence-corrected chi connectivity index (χ1v) is 13.1. The van der Waals surface area contributed by atoms with E-state index in [0.29, 0.717) is 0 Å². The zero-order valence-electron chi connectivity index (χ0n) is 8.77. The fourth-order valence-electron chi connectivity index (χ4n) is 1.26. The van der Waals surface area contributed by atoms with E-state index in [2.05, 4.69) is 48.5 Å². The van der Waals surface area contributed by atoms with E-state index in [9.17, 15) is 0 Å². The molecule has 14 heavy (non-hydrogen) atoms. The van der Waals surface area contributed by atoms with Crippen molar-refractivity contribution in [3.63, 3.8) is 0 Å². The van der Waals surface area contributed by atoms with Crippen molar-refractivity contribution in [1.29, 1.82) is 0 Å². The molecule has 2 rings (SSSR count). The normalized spacial score (nSPS) is 9.14. The predicted molar refractivity (Wildman–Crippen MR) is 71.8 cm³/mol. The topological polar surface area (TPSA) is 0 Å². The average Bonchev–Trinajstić information content (AvgIpc) is 2.34. The van der Waals surface area contributed by atoms with Crippen molar-refractivity contribution in [2.24, 2.45) is 0 Å². The molecule has 2 aromatic carbocycles. The second-order valence-corrected chi connectivity index (χ2v) is 2.73. The molecule has 0 amide bonds. The molecule has 0 fully saturated rings. The lowest BCUT2D eigenvalue weighted by Crippen LogP contribution is -1.73. The van der Waals surface area contributed by atoms with E-state index >= 15 is 0 Å². The summed E-state index contributed by atoms with van der Waals surface area (Å²) in [5.74, 6) is 0. The first-order valence-electron chi connectivity index (χ1n) is 5.07. The summed E-state index contributed by atoms with van der Waals surface area (Å²) in [7, 11) is 2.89. The monoisotopic (exact) mass is 216 g/mol. The van der Waals surface area contributed by atoms with Gasteiger partial charge in [-0.2, -0.15) is 0 Å². The Morgan fingerprint density at radius 3 is 1.07 bits per heavy atom. The average molecular weight is 216 g/mol. The van der Waals surface area contributed by atoms with Crippen LogP contribution in [0.1, 0.15) is 0 Å². The Hall–Kier alpha value is -1.13. The van der Waals surface area contributed by atoms with Gasteiger partial charge in [0.15, 0.2) is 0 Å². The van der Waals surface area contributed by atoms with Crippen LogP contribution in [0.4, 0.5) is 0 Å². The summed E-state index contributed by atoms with van der Waals surface area (Å²) in [5.41, 5.74) is 2.55. The fourth-order valence-corrected chi connectivity index (χ4v) is 1.26. The van der Waals surface area contributed by atoms with Gasteiger partial charge in [-0.25, -0.2) is 0 Å². The summed E-state index contributed by atoms with van der Waals surface area (Å²) >= 11 is 0. The lowest BCUT2D eigenvalue weighted by Gasteiger charge is -1.98. The SMILES string of the molecule is [SiH3][SiH3].c1ccc(-c2ccccc2)cc1. The lowest BCUT2D eigenvalue weighted by molar-refractivity contribution is 1.62. The molecule has 0 spiro atoms. The molecule has 72 valence electrons. The molecule has 0 radical (unpaired) electrons. The molecule has 0 atom stereocenters. The van der Waals surface area contributed by atoms with Crippen molar-refractivity contribution in [1.82, 2.24) is 0 Å². The van der Waals surface area contributed by atoms with Crippen molar-refractivity contribution in [3.05, 3.63) is 60.7 Å². The Bertz CT molecular complexity index is 306. The molecule has 0 unspecified atom stereocenters. The van der Waals surface area contributed by atoms with Crippen LogP contribution < -0.4 is 0 Å². The first kappa shape index (κ1) is 11.0. The highest BCUT2D eigenvalue weighted by Gasteiger charge is 1.91. The molecule has 0 nitrogen and oxygen atoms in total. The van der Waals surface area contributed by atoms with Crippen molar-refractivity contribution in [2.75, 3.05) is 0 Å². The molecule has 0 N–H and O–H groups in total. The third-order valence-corrected chi connectivity index (χ3v) is 1.88. The molecule has 0 aliphatic rings. The third-order valence-electron chi connectivity index (χ3n) is 1.88. The summed E-state index contributed by atoms with van der Waals surface area (Å²) in [4.78, 5) is 0. The molecular weight excluding hydrogens is 200 g/mol. The van der Waals surface area contributed by atoms with E-state index in [1.165, 1.54) is 30.6 Å². The molecule has 0 aliphatic heterocycles. The van der Waals surface area contributed by atoms with Gasteiger partial charge in [0.2, 0.25) is 0 Å². The zero-order valence-corrected chi connectivity index (χ0v) is 12.8. The Morgan fingerprint density at radius 1 is 0.500 bits per heavy atom. The van der Waals surface area contributed by atoms with Gasteiger partial charge in [0.1, 0.15) is 0 Å². The van der Waals surface area contributed by atoms with Gasteiger partial charge >= 0.3 is 0 Å². The molecule has 0 heterocycles. The van der Waals surface area contributed by atoms with E-state index < -0.39 is 0 Å². The molecule has 0 saturated carbocycles. The summed E-state index contributed by atoms with van der Waals surface area (Å²) in [6, 6.07) is 20.8. The maximum absolute atomic E-state index is 2.12. The van der Waals surface area contributed by atoms with Gasteiger partial charge in [-0.15, -0.1) is 0 Å². The van der Waals surface area contributed by atoms with Crippen LogP contribution in [-0.2, 0) is 0 Å². The van der Waals surface area contributed by atoms with Gasteiger partial charge in [0.05, 0.1) is 0 Å². The van der Waals surface area contributed by atoms with Gasteiger partial charge in [-0.1, -0.05) is 60.7 Å². The Balaban J connectivity index is 0.000000461. The highest BCUT2D eigenvalue weighted by molar-refractivity contribution is 6.75. The lowest BCUT2D eigenvalue weighted by atomic mass is 10.1. The van der Waals surface area contributed by atoms with Gasteiger partial charge in [0, 0.05) is 0 Å². The van der Waals surface area contributed by atoms with Crippen molar-refractivity contribution >= 4 is 19.5 Å². The Labute approximate surface area is 91.6 Å². The standard InChI is InChI=1S/C12H10.H6Si2/c1-3-7-11(8-4-1)12-9-5-2-6-10-12;1-2/h1-10H;1-2H3. The molecule has 0 aliphatic carbocycles. The quantitative estimate of drug-likeness (QED) is 0.624. The Morgan fingerprint density at radius 2 is 0.786 bits per heavy atom. The van der Waals surface area contributed by atoms with Crippen LogP contribution in [0.3, 0.4) is 0 Å². The zero-order chi connectivity index (χ0) is 10.2. The highest BCUT2D eigenvalue weighted by atomic mass is 29.1.